The number of carbonyl (C=O) groups is 2. The van der Waals surface area contributed by atoms with Crippen molar-refractivity contribution in [2.75, 3.05) is 27.2 Å². The Kier molecular flexibility index (Phi) is 7.96. The van der Waals surface area contributed by atoms with Gasteiger partial charge < -0.3 is 14.9 Å². The highest BCUT2D eigenvalue weighted by Crippen LogP contribution is 2.19. The van der Waals surface area contributed by atoms with E-state index < -0.39 is 5.97 Å². The lowest BCUT2D eigenvalue weighted by molar-refractivity contribution is -0.134. The third kappa shape index (κ3) is 7.02. The van der Waals surface area contributed by atoms with Gasteiger partial charge in [-0.15, -0.1) is 0 Å². The quantitative estimate of drug-likeness (QED) is 0.835. The standard InChI is InChI=1S/C20H28N4O.C2H4O2/c1-15-10-16(2)24(21-15)19-7-5-6-17(11-19)12-22(3)13-18-8-9-20(25)23(4)14-18;1-2(3)4/h5-7,10-11,18H,8-9,12-14H2,1-4H3;1H3,(H,3,4). The lowest BCUT2D eigenvalue weighted by atomic mass is 9.97. The zero-order valence-electron chi connectivity index (χ0n) is 18.1. The first-order valence-electron chi connectivity index (χ1n) is 9.90. The lowest BCUT2D eigenvalue weighted by Crippen LogP contribution is -2.41. The number of aryl methyl sites for hydroxylation is 2. The third-order valence-corrected chi connectivity index (χ3v) is 4.91. The molecule has 0 spiro atoms. The van der Waals surface area contributed by atoms with Crippen molar-refractivity contribution in [1.29, 1.82) is 0 Å². The number of rotatable bonds is 5. The van der Waals surface area contributed by atoms with Gasteiger partial charge in [-0.2, -0.15) is 5.10 Å². The number of nitrogens with zero attached hydrogens (tertiary/aromatic N) is 4. The Morgan fingerprint density at radius 1 is 1.31 bits per heavy atom. The number of amides is 1. The Labute approximate surface area is 172 Å². The molecule has 158 valence electrons. The Morgan fingerprint density at radius 3 is 2.59 bits per heavy atom. The molecule has 1 fully saturated rings. The van der Waals surface area contributed by atoms with Crippen LogP contribution in [-0.4, -0.2) is 63.7 Å². The fourth-order valence-corrected chi connectivity index (χ4v) is 3.74. The molecule has 1 aromatic carbocycles. The van der Waals surface area contributed by atoms with Gasteiger partial charge >= 0.3 is 0 Å². The van der Waals surface area contributed by atoms with Crippen molar-refractivity contribution in [3.63, 3.8) is 0 Å². The average Bonchev–Trinajstić information content (AvgIpc) is 2.96. The highest BCUT2D eigenvalue weighted by Gasteiger charge is 2.23. The maximum atomic E-state index is 11.6. The predicted molar refractivity (Wildman–Crippen MR) is 113 cm³/mol. The molecule has 3 rings (SSSR count). The number of benzene rings is 1. The van der Waals surface area contributed by atoms with Crippen LogP contribution < -0.4 is 0 Å². The molecule has 0 radical (unpaired) electrons. The van der Waals surface area contributed by atoms with E-state index in [9.17, 15) is 4.79 Å². The van der Waals surface area contributed by atoms with Crippen LogP contribution in [0, 0.1) is 19.8 Å². The SMILES string of the molecule is CC(=O)O.Cc1cc(C)n(-c2cccc(CN(C)CC3CCC(=O)N(C)C3)c2)n1. The zero-order valence-corrected chi connectivity index (χ0v) is 18.1. The summed E-state index contributed by atoms with van der Waals surface area (Å²) in [4.78, 5) is 24.8. The number of hydrogen-bond acceptors (Lipinski definition) is 4. The second kappa shape index (κ2) is 10.2. The molecular formula is C22H32N4O3. The summed E-state index contributed by atoms with van der Waals surface area (Å²) in [6.07, 6.45) is 1.68. The number of piperidine rings is 1. The zero-order chi connectivity index (χ0) is 21.6. The van der Waals surface area contributed by atoms with Crippen molar-refractivity contribution < 1.29 is 14.7 Å². The van der Waals surface area contributed by atoms with E-state index in [1.54, 1.807) is 0 Å². The van der Waals surface area contributed by atoms with E-state index >= 15 is 0 Å². The minimum atomic E-state index is -0.833. The van der Waals surface area contributed by atoms with Gasteiger partial charge in [0.05, 0.1) is 11.4 Å². The van der Waals surface area contributed by atoms with E-state index in [0.29, 0.717) is 12.3 Å². The van der Waals surface area contributed by atoms with Crippen molar-refractivity contribution in [1.82, 2.24) is 19.6 Å². The summed E-state index contributed by atoms with van der Waals surface area (Å²) in [6, 6.07) is 10.7. The topological polar surface area (TPSA) is 78.7 Å². The molecule has 1 aliphatic rings. The van der Waals surface area contributed by atoms with Gasteiger partial charge in [0.2, 0.25) is 5.91 Å². The predicted octanol–water partition coefficient (Wildman–Crippen LogP) is 2.88. The molecular weight excluding hydrogens is 368 g/mol. The van der Waals surface area contributed by atoms with E-state index in [1.165, 1.54) is 5.56 Å². The van der Waals surface area contributed by atoms with E-state index in [4.69, 9.17) is 9.90 Å². The number of aliphatic carboxylic acids is 1. The van der Waals surface area contributed by atoms with Gasteiger partial charge in [-0.05, 0) is 57.0 Å². The molecule has 7 nitrogen and oxygen atoms in total. The summed E-state index contributed by atoms with van der Waals surface area (Å²) in [5.41, 5.74) is 4.58. The number of hydrogen-bond donors (Lipinski definition) is 1. The minimum Gasteiger partial charge on any atom is -0.481 e. The summed E-state index contributed by atoms with van der Waals surface area (Å²) in [5.74, 6) is 0.00313. The van der Waals surface area contributed by atoms with Crippen LogP contribution in [0.1, 0.15) is 36.7 Å². The summed E-state index contributed by atoms with van der Waals surface area (Å²) in [5, 5.41) is 12.0. The maximum Gasteiger partial charge on any atom is 0.300 e. The average molecular weight is 401 g/mol. The smallest absolute Gasteiger partial charge is 0.300 e. The molecule has 1 aromatic heterocycles. The van der Waals surface area contributed by atoms with Crippen molar-refractivity contribution in [3.05, 3.63) is 47.3 Å². The first-order valence-corrected chi connectivity index (χ1v) is 9.90. The highest BCUT2D eigenvalue weighted by atomic mass is 16.4. The maximum absolute atomic E-state index is 11.6. The lowest BCUT2D eigenvalue weighted by Gasteiger charge is -2.32. The van der Waals surface area contributed by atoms with Crippen molar-refractivity contribution in [2.24, 2.45) is 5.92 Å². The second-order valence-corrected chi connectivity index (χ2v) is 7.90. The summed E-state index contributed by atoms with van der Waals surface area (Å²) in [7, 11) is 4.07. The van der Waals surface area contributed by atoms with Crippen molar-refractivity contribution >= 4 is 11.9 Å². The number of carboxylic acid groups (broad SMARTS) is 1. The van der Waals surface area contributed by atoms with Crippen molar-refractivity contribution in [2.45, 2.75) is 40.2 Å². The van der Waals surface area contributed by atoms with E-state index in [0.717, 1.165) is 50.1 Å². The largest absolute Gasteiger partial charge is 0.481 e. The number of likely N-dealkylation sites (tertiary alicyclic amines) is 1. The second-order valence-electron chi connectivity index (χ2n) is 7.90. The molecule has 1 atom stereocenters. The van der Waals surface area contributed by atoms with Crippen LogP contribution in [-0.2, 0) is 16.1 Å². The van der Waals surface area contributed by atoms with E-state index in [1.807, 2.05) is 23.6 Å². The van der Waals surface area contributed by atoms with Gasteiger partial charge in [-0.25, -0.2) is 4.68 Å². The molecule has 1 amide bonds. The molecule has 0 bridgehead atoms. The normalized spacial score (nSPS) is 16.6. The number of aromatic nitrogens is 2. The summed E-state index contributed by atoms with van der Waals surface area (Å²) in [6.45, 7) is 7.98. The Morgan fingerprint density at radius 2 is 2.00 bits per heavy atom. The highest BCUT2D eigenvalue weighted by molar-refractivity contribution is 5.76. The minimum absolute atomic E-state index is 0.275. The molecule has 2 heterocycles. The monoisotopic (exact) mass is 400 g/mol. The fourth-order valence-electron chi connectivity index (χ4n) is 3.74. The molecule has 7 heteroatoms. The molecule has 2 aromatic rings. The molecule has 1 saturated heterocycles. The van der Waals surface area contributed by atoms with Gasteiger partial charge in [-0.3, -0.25) is 9.59 Å². The third-order valence-electron chi connectivity index (χ3n) is 4.91. The van der Waals surface area contributed by atoms with Crippen LogP contribution in [0.5, 0.6) is 0 Å². The van der Waals surface area contributed by atoms with Crippen LogP contribution in [0.15, 0.2) is 30.3 Å². The summed E-state index contributed by atoms with van der Waals surface area (Å²) >= 11 is 0. The Bertz CT molecular complexity index is 842. The first-order chi connectivity index (χ1) is 13.7. The Hall–Kier alpha value is -2.67. The Balaban J connectivity index is 0.000000687. The first kappa shape index (κ1) is 22.6. The van der Waals surface area contributed by atoms with Gasteiger partial charge in [0.15, 0.2) is 0 Å². The molecule has 29 heavy (non-hydrogen) atoms. The molecule has 1 unspecified atom stereocenters. The van der Waals surface area contributed by atoms with Crippen LogP contribution in [0.3, 0.4) is 0 Å². The fraction of sp³-hybridized carbons (Fsp3) is 0.500. The molecule has 0 aliphatic carbocycles. The molecule has 1 aliphatic heterocycles. The van der Waals surface area contributed by atoms with Crippen LogP contribution in [0.2, 0.25) is 0 Å². The van der Waals surface area contributed by atoms with Crippen LogP contribution >= 0.6 is 0 Å². The molecule has 1 N–H and O–H groups in total. The van der Waals surface area contributed by atoms with Gasteiger partial charge in [0, 0.05) is 45.7 Å². The van der Waals surface area contributed by atoms with Gasteiger partial charge in [-0.1, -0.05) is 12.1 Å². The van der Waals surface area contributed by atoms with Crippen molar-refractivity contribution in [3.8, 4) is 5.69 Å². The summed E-state index contributed by atoms with van der Waals surface area (Å²) < 4.78 is 2.00. The van der Waals surface area contributed by atoms with E-state index in [2.05, 4.69) is 54.3 Å². The molecule has 0 saturated carbocycles. The van der Waals surface area contributed by atoms with Gasteiger partial charge in [0.25, 0.3) is 5.97 Å². The van der Waals surface area contributed by atoms with Crippen LogP contribution in [0.25, 0.3) is 5.69 Å². The van der Waals surface area contributed by atoms with Crippen LogP contribution in [0.4, 0.5) is 0 Å². The number of carboxylic acids is 1. The number of carbonyl (C=O) groups excluding carboxylic acids is 1. The van der Waals surface area contributed by atoms with Gasteiger partial charge in [0.1, 0.15) is 0 Å². The van der Waals surface area contributed by atoms with E-state index in [-0.39, 0.29) is 5.91 Å².